The topological polar surface area (TPSA) is 46.6 Å². The average molecular weight is 295 g/mol. The van der Waals surface area contributed by atoms with E-state index in [0.29, 0.717) is 37.1 Å². The molecule has 21 heavy (non-hydrogen) atoms. The summed E-state index contributed by atoms with van der Waals surface area (Å²) in [7, 11) is 0. The van der Waals surface area contributed by atoms with Gasteiger partial charge in [0.1, 0.15) is 0 Å². The van der Waals surface area contributed by atoms with Crippen molar-refractivity contribution in [2.75, 3.05) is 13.2 Å². The third-order valence-electron chi connectivity index (χ3n) is 5.04. The molecule has 0 aromatic rings. The number of likely N-dealkylation sites (tertiary alicyclic amines) is 1. The molecule has 4 nitrogen and oxygen atoms in total. The summed E-state index contributed by atoms with van der Waals surface area (Å²) >= 11 is 0. The number of imide groups is 1. The van der Waals surface area contributed by atoms with E-state index in [0.717, 1.165) is 25.9 Å². The molecule has 2 heterocycles. The highest BCUT2D eigenvalue weighted by Gasteiger charge is 2.36. The van der Waals surface area contributed by atoms with Crippen molar-refractivity contribution in [2.24, 2.45) is 17.8 Å². The van der Waals surface area contributed by atoms with E-state index >= 15 is 0 Å². The highest BCUT2D eigenvalue weighted by molar-refractivity contribution is 6.01. The van der Waals surface area contributed by atoms with Gasteiger partial charge >= 0.3 is 0 Å². The summed E-state index contributed by atoms with van der Waals surface area (Å²) in [5.74, 6) is 1.76. The summed E-state index contributed by atoms with van der Waals surface area (Å²) in [4.78, 5) is 24.9. The van der Waals surface area contributed by atoms with Crippen LogP contribution in [0, 0.1) is 17.8 Å². The van der Waals surface area contributed by atoms with Crippen LogP contribution in [0.3, 0.4) is 0 Å². The lowest BCUT2D eigenvalue weighted by molar-refractivity contribution is -0.139. The maximum Gasteiger partial charge on any atom is 0.229 e. The molecule has 0 unspecified atom stereocenters. The molecule has 0 aromatic heterocycles. The van der Waals surface area contributed by atoms with E-state index in [1.165, 1.54) is 4.90 Å². The first-order valence-corrected chi connectivity index (χ1v) is 8.27. The molecule has 4 heteroatoms. The minimum Gasteiger partial charge on any atom is -0.376 e. The van der Waals surface area contributed by atoms with Crippen LogP contribution in [-0.4, -0.2) is 35.5 Å². The monoisotopic (exact) mass is 295 g/mol. The van der Waals surface area contributed by atoms with Gasteiger partial charge < -0.3 is 4.74 Å². The number of carbonyl (C=O) groups excluding carboxylic acids is 2. The van der Waals surface area contributed by atoms with Crippen molar-refractivity contribution in [3.05, 3.63) is 0 Å². The summed E-state index contributed by atoms with van der Waals surface area (Å²) < 4.78 is 5.82. The van der Waals surface area contributed by atoms with Gasteiger partial charge in [0.25, 0.3) is 0 Å². The Balaban J connectivity index is 1.96. The zero-order chi connectivity index (χ0) is 15.6. The molecule has 2 rings (SSSR count). The van der Waals surface area contributed by atoms with Crippen LogP contribution < -0.4 is 0 Å². The van der Waals surface area contributed by atoms with Crippen LogP contribution in [0.2, 0.25) is 0 Å². The molecule has 2 atom stereocenters. The van der Waals surface area contributed by atoms with Gasteiger partial charge in [-0.2, -0.15) is 0 Å². The molecule has 0 aromatic carbocycles. The van der Waals surface area contributed by atoms with Crippen LogP contribution in [0.25, 0.3) is 0 Å². The Hall–Kier alpha value is -0.900. The number of hydrogen-bond acceptors (Lipinski definition) is 3. The van der Waals surface area contributed by atoms with Crippen molar-refractivity contribution in [2.45, 2.75) is 65.4 Å². The van der Waals surface area contributed by atoms with Crippen molar-refractivity contribution >= 4 is 11.8 Å². The van der Waals surface area contributed by atoms with E-state index in [2.05, 4.69) is 27.7 Å². The first-order valence-electron chi connectivity index (χ1n) is 8.27. The SMILES string of the molecule is CC(C)[C@H](CCN1C(=O)CCC1=O)[C@H]1CCOC(C)(C)C1. The molecule has 0 N–H and O–H groups in total. The number of carbonyl (C=O) groups is 2. The standard InChI is InChI=1S/C17H29NO3/c1-12(2)14(13-8-10-21-17(3,4)11-13)7-9-18-15(19)5-6-16(18)20/h12-14H,5-11H2,1-4H3/t13-,14-/m0/s1. The van der Waals surface area contributed by atoms with Gasteiger partial charge in [0.05, 0.1) is 5.60 Å². The van der Waals surface area contributed by atoms with Gasteiger partial charge in [0.15, 0.2) is 0 Å². The molecular formula is C17H29NO3. The van der Waals surface area contributed by atoms with Crippen molar-refractivity contribution in [1.29, 1.82) is 0 Å². The van der Waals surface area contributed by atoms with Gasteiger partial charge in [-0.25, -0.2) is 0 Å². The fraction of sp³-hybridized carbons (Fsp3) is 0.882. The van der Waals surface area contributed by atoms with Crippen LogP contribution >= 0.6 is 0 Å². The Labute approximate surface area is 128 Å². The van der Waals surface area contributed by atoms with Gasteiger partial charge in [0.2, 0.25) is 11.8 Å². The minimum atomic E-state index is -0.0463. The van der Waals surface area contributed by atoms with E-state index < -0.39 is 0 Å². The molecule has 2 aliphatic rings. The lowest BCUT2D eigenvalue weighted by Crippen LogP contribution is -2.39. The third kappa shape index (κ3) is 4.06. The normalized spacial score (nSPS) is 27.5. The maximum atomic E-state index is 11.7. The van der Waals surface area contributed by atoms with E-state index in [-0.39, 0.29) is 17.4 Å². The number of nitrogens with zero attached hydrogens (tertiary/aromatic N) is 1. The van der Waals surface area contributed by atoms with Crippen molar-refractivity contribution in [3.63, 3.8) is 0 Å². The second-order valence-electron chi connectivity index (χ2n) is 7.50. The lowest BCUT2D eigenvalue weighted by Gasteiger charge is -2.41. The quantitative estimate of drug-likeness (QED) is 0.733. The smallest absolute Gasteiger partial charge is 0.229 e. The summed E-state index contributed by atoms with van der Waals surface area (Å²) in [6, 6.07) is 0. The number of amides is 2. The van der Waals surface area contributed by atoms with Gasteiger partial charge in [-0.1, -0.05) is 13.8 Å². The van der Waals surface area contributed by atoms with Crippen molar-refractivity contribution in [3.8, 4) is 0 Å². The first kappa shape index (κ1) is 16.5. The molecule has 0 saturated carbocycles. The fourth-order valence-corrected chi connectivity index (χ4v) is 3.91. The molecule has 120 valence electrons. The van der Waals surface area contributed by atoms with Crippen molar-refractivity contribution in [1.82, 2.24) is 4.90 Å². The van der Waals surface area contributed by atoms with Crippen molar-refractivity contribution < 1.29 is 14.3 Å². The molecule has 2 aliphatic heterocycles. The molecule has 0 radical (unpaired) electrons. The molecule has 2 saturated heterocycles. The Morgan fingerprint density at radius 1 is 1.24 bits per heavy atom. The molecular weight excluding hydrogens is 266 g/mol. The molecule has 2 amide bonds. The molecule has 0 aliphatic carbocycles. The van der Waals surface area contributed by atoms with Gasteiger partial charge in [-0.3, -0.25) is 14.5 Å². The predicted molar refractivity (Wildman–Crippen MR) is 81.7 cm³/mol. The van der Waals surface area contributed by atoms with E-state index in [1.54, 1.807) is 0 Å². The minimum absolute atomic E-state index is 0.00909. The lowest BCUT2D eigenvalue weighted by atomic mass is 9.73. The zero-order valence-corrected chi connectivity index (χ0v) is 13.9. The Kier molecular flexibility index (Phi) is 5.07. The largest absolute Gasteiger partial charge is 0.376 e. The van der Waals surface area contributed by atoms with E-state index in [9.17, 15) is 9.59 Å². The summed E-state index contributed by atoms with van der Waals surface area (Å²) in [6.07, 6.45) is 3.88. The Morgan fingerprint density at radius 3 is 2.38 bits per heavy atom. The third-order valence-corrected chi connectivity index (χ3v) is 5.04. The van der Waals surface area contributed by atoms with Crippen LogP contribution in [0.1, 0.15) is 59.8 Å². The number of ether oxygens (including phenoxy) is 1. The van der Waals surface area contributed by atoms with Gasteiger partial charge in [-0.15, -0.1) is 0 Å². The van der Waals surface area contributed by atoms with Gasteiger partial charge in [-0.05, 0) is 50.9 Å². The van der Waals surface area contributed by atoms with Gasteiger partial charge in [0, 0.05) is 26.0 Å². The van der Waals surface area contributed by atoms with E-state index in [4.69, 9.17) is 4.74 Å². The summed E-state index contributed by atoms with van der Waals surface area (Å²) in [5.41, 5.74) is -0.0463. The number of rotatable bonds is 5. The Bertz CT molecular complexity index is 387. The highest BCUT2D eigenvalue weighted by Crippen LogP contribution is 2.38. The number of hydrogen-bond donors (Lipinski definition) is 0. The second kappa shape index (κ2) is 6.47. The Morgan fingerprint density at radius 2 is 1.86 bits per heavy atom. The van der Waals surface area contributed by atoms with Crippen LogP contribution in [0.4, 0.5) is 0 Å². The first-order chi connectivity index (χ1) is 9.80. The highest BCUT2D eigenvalue weighted by atomic mass is 16.5. The second-order valence-corrected chi connectivity index (χ2v) is 7.50. The zero-order valence-electron chi connectivity index (χ0n) is 13.9. The maximum absolute atomic E-state index is 11.7. The van der Waals surface area contributed by atoms with Crippen LogP contribution in [0.15, 0.2) is 0 Å². The summed E-state index contributed by atoms with van der Waals surface area (Å²) in [5, 5.41) is 0. The predicted octanol–water partition coefficient (Wildman–Crippen LogP) is 3.00. The molecule has 0 spiro atoms. The average Bonchev–Trinajstić information content (AvgIpc) is 2.69. The van der Waals surface area contributed by atoms with E-state index in [1.807, 2.05) is 0 Å². The molecule has 0 bridgehead atoms. The van der Waals surface area contributed by atoms with Crippen LogP contribution in [0.5, 0.6) is 0 Å². The summed E-state index contributed by atoms with van der Waals surface area (Å²) in [6.45, 7) is 10.2. The molecule has 2 fully saturated rings. The van der Waals surface area contributed by atoms with Crippen LogP contribution in [-0.2, 0) is 14.3 Å². The fourth-order valence-electron chi connectivity index (χ4n) is 3.91.